The third kappa shape index (κ3) is 2.19. The van der Waals surface area contributed by atoms with E-state index in [1.165, 1.54) is 5.57 Å². The van der Waals surface area contributed by atoms with Crippen molar-refractivity contribution in [3.8, 4) is 11.4 Å². The molecule has 1 aromatic heterocycles. The number of fused-ring (bicyclic) bond motifs is 2. The van der Waals surface area contributed by atoms with Crippen molar-refractivity contribution >= 4 is 28.8 Å². The number of aromatic nitrogens is 3. The minimum absolute atomic E-state index is 0.520. The number of nitrogens with zero attached hydrogens (tertiary/aromatic N) is 3. The Morgan fingerprint density at radius 2 is 2.08 bits per heavy atom. The zero-order chi connectivity index (χ0) is 17.7. The number of carbonyl (C=O) groups excluding carboxylic acids is 1. The van der Waals surface area contributed by atoms with Crippen LogP contribution in [0.25, 0.3) is 33.9 Å². The number of rotatable bonds is 4. The van der Waals surface area contributed by atoms with Gasteiger partial charge in [0.15, 0.2) is 17.9 Å². The summed E-state index contributed by atoms with van der Waals surface area (Å²) in [4.78, 5) is 16.5. The lowest BCUT2D eigenvalue weighted by molar-refractivity contribution is 0.112. The molecule has 0 spiro atoms. The van der Waals surface area contributed by atoms with Gasteiger partial charge in [0.2, 0.25) is 0 Å². The van der Waals surface area contributed by atoms with Crippen LogP contribution in [0.1, 0.15) is 22.6 Å². The SMILES string of the molecule is C=Cn1nc(C2=CC=CC3CC23)nc1-c1c(C=O)ccc2ccccc12. The zero-order valence-electron chi connectivity index (χ0n) is 14.2. The van der Waals surface area contributed by atoms with Crippen LogP contribution in [-0.4, -0.2) is 21.1 Å². The molecule has 2 aliphatic carbocycles. The van der Waals surface area contributed by atoms with Crippen LogP contribution in [0.5, 0.6) is 0 Å². The zero-order valence-corrected chi connectivity index (χ0v) is 14.2. The molecule has 1 fully saturated rings. The molecule has 0 N–H and O–H groups in total. The highest BCUT2D eigenvalue weighted by atomic mass is 16.1. The molecule has 2 aromatic carbocycles. The standard InChI is InChI=1S/C22H17N3O/c1-2-25-22(23-21(24-25)18-9-5-7-15-12-19(15)18)20-16(13-26)11-10-14-6-3-4-8-17(14)20/h2-11,13,15,19H,1,12H2. The van der Waals surface area contributed by atoms with Crippen LogP contribution in [0.15, 0.2) is 61.2 Å². The van der Waals surface area contributed by atoms with E-state index in [1.807, 2.05) is 36.4 Å². The second kappa shape index (κ2) is 5.63. The van der Waals surface area contributed by atoms with E-state index in [9.17, 15) is 4.79 Å². The van der Waals surface area contributed by atoms with E-state index >= 15 is 0 Å². The molecule has 2 aliphatic rings. The Balaban J connectivity index is 1.75. The first-order chi connectivity index (χ1) is 12.8. The maximum Gasteiger partial charge on any atom is 0.178 e. The Hall–Kier alpha value is -3.27. The summed E-state index contributed by atoms with van der Waals surface area (Å²) in [5.41, 5.74) is 2.58. The predicted molar refractivity (Wildman–Crippen MR) is 103 cm³/mol. The van der Waals surface area contributed by atoms with Gasteiger partial charge in [-0.25, -0.2) is 9.67 Å². The van der Waals surface area contributed by atoms with Gasteiger partial charge in [-0.3, -0.25) is 4.79 Å². The van der Waals surface area contributed by atoms with Crippen LogP contribution in [0.4, 0.5) is 0 Å². The van der Waals surface area contributed by atoms with Crippen LogP contribution in [0, 0.1) is 11.8 Å². The number of benzene rings is 2. The summed E-state index contributed by atoms with van der Waals surface area (Å²) in [7, 11) is 0. The Labute approximate surface area is 151 Å². The van der Waals surface area contributed by atoms with Crippen molar-refractivity contribution in [2.24, 2.45) is 11.8 Å². The van der Waals surface area contributed by atoms with E-state index in [0.717, 1.165) is 34.9 Å². The van der Waals surface area contributed by atoms with Gasteiger partial charge in [-0.15, -0.1) is 5.10 Å². The summed E-state index contributed by atoms with van der Waals surface area (Å²) in [6, 6.07) is 11.8. The first-order valence-electron chi connectivity index (χ1n) is 8.75. The monoisotopic (exact) mass is 339 g/mol. The van der Waals surface area contributed by atoms with Gasteiger partial charge >= 0.3 is 0 Å². The highest BCUT2D eigenvalue weighted by molar-refractivity contribution is 6.03. The Morgan fingerprint density at radius 1 is 1.19 bits per heavy atom. The number of aldehydes is 1. The van der Waals surface area contributed by atoms with Crippen molar-refractivity contribution in [3.63, 3.8) is 0 Å². The van der Waals surface area contributed by atoms with Crippen molar-refractivity contribution in [3.05, 3.63) is 72.6 Å². The van der Waals surface area contributed by atoms with E-state index < -0.39 is 0 Å². The first-order valence-corrected chi connectivity index (χ1v) is 8.75. The molecule has 5 rings (SSSR count). The van der Waals surface area contributed by atoms with E-state index in [4.69, 9.17) is 4.98 Å². The molecule has 4 heteroatoms. The fourth-order valence-electron chi connectivity index (χ4n) is 3.83. The van der Waals surface area contributed by atoms with E-state index in [1.54, 1.807) is 10.9 Å². The Bertz CT molecular complexity index is 1120. The molecule has 2 atom stereocenters. The fraction of sp³-hybridized carbons (Fsp3) is 0.136. The summed E-state index contributed by atoms with van der Waals surface area (Å²) in [6.45, 7) is 3.88. The second-order valence-corrected chi connectivity index (χ2v) is 6.77. The lowest BCUT2D eigenvalue weighted by atomic mass is 9.99. The minimum Gasteiger partial charge on any atom is -0.298 e. The van der Waals surface area contributed by atoms with Crippen LogP contribution in [0.3, 0.4) is 0 Å². The van der Waals surface area contributed by atoms with Gasteiger partial charge in [-0.1, -0.05) is 61.2 Å². The van der Waals surface area contributed by atoms with Gasteiger partial charge in [0, 0.05) is 22.9 Å². The highest BCUT2D eigenvalue weighted by Crippen LogP contribution is 2.50. The highest BCUT2D eigenvalue weighted by Gasteiger charge is 2.41. The molecule has 0 saturated heterocycles. The molecule has 0 amide bonds. The molecular formula is C22H17N3O. The van der Waals surface area contributed by atoms with Crippen molar-refractivity contribution < 1.29 is 4.79 Å². The normalized spacial score (nSPS) is 20.5. The molecule has 0 radical (unpaired) electrons. The number of allylic oxidation sites excluding steroid dienone is 4. The maximum absolute atomic E-state index is 11.7. The van der Waals surface area contributed by atoms with Crippen molar-refractivity contribution in [1.29, 1.82) is 0 Å². The summed E-state index contributed by atoms with van der Waals surface area (Å²) in [6.07, 6.45) is 10.1. The third-order valence-corrected chi connectivity index (χ3v) is 5.25. The van der Waals surface area contributed by atoms with E-state index in [0.29, 0.717) is 23.2 Å². The van der Waals surface area contributed by atoms with E-state index in [2.05, 4.69) is 29.9 Å². The molecule has 2 unspecified atom stereocenters. The average Bonchev–Trinajstić information content (AvgIpc) is 3.37. The van der Waals surface area contributed by atoms with Crippen LogP contribution >= 0.6 is 0 Å². The van der Waals surface area contributed by atoms with Crippen LogP contribution in [-0.2, 0) is 0 Å². The minimum atomic E-state index is 0.520. The lowest BCUT2D eigenvalue weighted by Crippen LogP contribution is -1.97. The Kier molecular flexibility index (Phi) is 3.25. The van der Waals surface area contributed by atoms with Crippen molar-refractivity contribution in [2.45, 2.75) is 6.42 Å². The lowest BCUT2D eigenvalue weighted by Gasteiger charge is -2.08. The number of hydrogen-bond acceptors (Lipinski definition) is 3. The van der Waals surface area contributed by atoms with Gasteiger partial charge in [0.25, 0.3) is 0 Å². The van der Waals surface area contributed by atoms with E-state index in [-0.39, 0.29) is 0 Å². The van der Waals surface area contributed by atoms with Crippen LogP contribution in [0.2, 0.25) is 0 Å². The number of carbonyl (C=O) groups is 1. The van der Waals surface area contributed by atoms with Gasteiger partial charge < -0.3 is 0 Å². The summed E-state index contributed by atoms with van der Waals surface area (Å²) < 4.78 is 1.68. The molecule has 1 heterocycles. The summed E-state index contributed by atoms with van der Waals surface area (Å²) in [5.74, 6) is 2.52. The largest absolute Gasteiger partial charge is 0.298 e. The number of hydrogen-bond donors (Lipinski definition) is 0. The molecule has 0 bridgehead atoms. The molecule has 1 saturated carbocycles. The molecular weight excluding hydrogens is 322 g/mol. The molecule has 4 nitrogen and oxygen atoms in total. The maximum atomic E-state index is 11.7. The molecule has 26 heavy (non-hydrogen) atoms. The second-order valence-electron chi connectivity index (χ2n) is 6.77. The topological polar surface area (TPSA) is 47.8 Å². The quantitative estimate of drug-likeness (QED) is 0.653. The van der Waals surface area contributed by atoms with Gasteiger partial charge in [0.05, 0.1) is 0 Å². The predicted octanol–water partition coefficient (Wildman–Crippen LogP) is 4.60. The van der Waals surface area contributed by atoms with Gasteiger partial charge in [-0.2, -0.15) is 0 Å². The summed E-state index contributed by atoms with van der Waals surface area (Å²) >= 11 is 0. The Morgan fingerprint density at radius 3 is 2.92 bits per heavy atom. The van der Waals surface area contributed by atoms with Gasteiger partial charge in [0.1, 0.15) is 0 Å². The molecule has 0 aliphatic heterocycles. The van der Waals surface area contributed by atoms with Crippen LogP contribution < -0.4 is 0 Å². The third-order valence-electron chi connectivity index (χ3n) is 5.25. The molecule has 126 valence electrons. The molecule has 3 aromatic rings. The van der Waals surface area contributed by atoms with Crippen molar-refractivity contribution in [1.82, 2.24) is 14.8 Å². The average molecular weight is 339 g/mol. The van der Waals surface area contributed by atoms with Gasteiger partial charge in [-0.05, 0) is 29.0 Å². The summed E-state index contributed by atoms with van der Waals surface area (Å²) in [5, 5.41) is 6.71. The van der Waals surface area contributed by atoms with Crippen molar-refractivity contribution in [2.75, 3.05) is 0 Å². The fourth-order valence-corrected chi connectivity index (χ4v) is 3.83. The smallest absolute Gasteiger partial charge is 0.178 e. The first kappa shape index (κ1) is 15.0.